The molecule has 0 aliphatic heterocycles. The molecule has 1 aliphatic rings. The van der Waals surface area contributed by atoms with Gasteiger partial charge in [0.15, 0.2) is 0 Å². The van der Waals surface area contributed by atoms with E-state index in [2.05, 4.69) is 56.4 Å². The zero-order valence-corrected chi connectivity index (χ0v) is 12.7. The Bertz CT molecular complexity index is 616. The number of hydrogen-bond acceptors (Lipinski definition) is 0. The van der Waals surface area contributed by atoms with Crippen molar-refractivity contribution in [1.82, 2.24) is 0 Å². The van der Waals surface area contributed by atoms with Crippen molar-refractivity contribution in [1.29, 1.82) is 0 Å². The highest BCUT2D eigenvalue weighted by molar-refractivity contribution is 7.31. The van der Waals surface area contributed by atoms with E-state index in [4.69, 9.17) is 0 Å². The van der Waals surface area contributed by atoms with Gasteiger partial charge >= 0.3 is 0 Å². The summed E-state index contributed by atoms with van der Waals surface area (Å²) in [5.41, 5.74) is 7.30. The van der Waals surface area contributed by atoms with Gasteiger partial charge in [-0.25, -0.2) is 0 Å². The summed E-state index contributed by atoms with van der Waals surface area (Å²) in [6, 6.07) is 11.1. The molecule has 1 aromatic carbocycles. The summed E-state index contributed by atoms with van der Waals surface area (Å²) < 4.78 is 0. The van der Waals surface area contributed by atoms with Crippen LogP contribution in [0.2, 0.25) is 0 Å². The fraction of sp³-hybridized carbons (Fsp3) is 0.278. The molecule has 0 N–H and O–H groups in total. The lowest BCUT2D eigenvalue weighted by Crippen LogP contribution is -1.88. The molecule has 97 valence electrons. The molecule has 1 atom stereocenters. The summed E-state index contributed by atoms with van der Waals surface area (Å²) >= 11 is 0. The highest BCUT2D eigenvalue weighted by Crippen LogP contribution is 2.43. The van der Waals surface area contributed by atoms with Crippen LogP contribution in [0.15, 0.2) is 36.1 Å². The fourth-order valence-corrected chi connectivity index (χ4v) is 4.12. The number of fused-ring (bicyclic) bond motifs is 1. The summed E-state index contributed by atoms with van der Waals surface area (Å²) in [6.07, 6.45) is 6.19. The van der Waals surface area contributed by atoms with Crippen molar-refractivity contribution < 1.29 is 0 Å². The van der Waals surface area contributed by atoms with E-state index in [0.29, 0.717) is 0 Å². The molecule has 0 nitrogen and oxygen atoms in total. The Labute approximate surface area is 117 Å². The van der Waals surface area contributed by atoms with Crippen molar-refractivity contribution in [2.45, 2.75) is 33.1 Å². The van der Waals surface area contributed by atoms with Crippen molar-refractivity contribution in [2.75, 3.05) is 0 Å². The molecule has 19 heavy (non-hydrogen) atoms. The molecule has 0 bridgehead atoms. The van der Waals surface area contributed by atoms with Crippen molar-refractivity contribution in [3.63, 3.8) is 0 Å². The highest BCUT2D eigenvalue weighted by atomic mass is 31.0. The Morgan fingerprint density at radius 2 is 1.95 bits per heavy atom. The van der Waals surface area contributed by atoms with Gasteiger partial charge in [0.1, 0.15) is 0 Å². The zero-order valence-electron chi connectivity index (χ0n) is 11.7. The number of rotatable bonds is 4. The maximum atomic E-state index is 2.38. The van der Waals surface area contributed by atoms with Gasteiger partial charge in [-0.15, -0.1) is 8.19 Å². The molecule has 0 fully saturated rings. The van der Waals surface area contributed by atoms with E-state index in [1.165, 1.54) is 41.5 Å². The summed E-state index contributed by atoms with van der Waals surface area (Å²) in [4.78, 5) is 0. The number of allylic oxidation sites excluding steroid dienone is 2. The van der Waals surface area contributed by atoms with Crippen LogP contribution >= 0.6 is 8.19 Å². The first-order chi connectivity index (χ1) is 9.31. The van der Waals surface area contributed by atoms with Crippen LogP contribution in [0.3, 0.4) is 0 Å². The lowest BCUT2D eigenvalue weighted by Gasteiger charge is -2.06. The van der Waals surface area contributed by atoms with Crippen molar-refractivity contribution in [2.24, 2.45) is 0 Å². The number of aryl methyl sites for hydroxylation is 1. The van der Waals surface area contributed by atoms with Gasteiger partial charge in [0, 0.05) is 6.42 Å². The molecular weight excluding hydrogens is 247 g/mol. The number of hydrogen-bond donors (Lipinski definition) is 0. The second-order valence-electron chi connectivity index (χ2n) is 5.25. The van der Waals surface area contributed by atoms with Gasteiger partial charge in [-0.3, -0.25) is 0 Å². The molecule has 1 heteroatoms. The minimum atomic E-state index is 0.849. The summed E-state index contributed by atoms with van der Waals surface area (Å²) in [6.45, 7) is 4.54. The molecule has 1 aliphatic carbocycles. The molecular formula is C18H20P. The Morgan fingerprint density at radius 1 is 1.11 bits per heavy atom. The molecule has 1 heterocycles. The molecule has 1 radical (unpaired) electrons. The predicted molar refractivity (Wildman–Crippen MR) is 86.9 cm³/mol. The Balaban J connectivity index is 1.97. The summed E-state index contributed by atoms with van der Waals surface area (Å²) in [5.74, 6) is 2.34. The van der Waals surface area contributed by atoms with Crippen LogP contribution in [0.4, 0.5) is 0 Å². The van der Waals surface area contributed by atoms with Crippen LogP contribution in [-0.2, 0) is 6.42 Å². The average Bonchev–Trinajstić information content (AvgIpc) is 3.01. The Hall–Kier alpha value is -1.26. The van der Waals surface area contributed by atoms with Crippen molar-refractivity contribution >= 4 is 19.3 Å². The Morgan fingerprint density at radius 3 is 2.74 bits per heavy atom. The number of benzene rings is 1. The molecule has 0 saturated carbocycles. The van der Waals surface area contributed by atoms with Gasteiger partial charge in [-0.05, 0) is 58.7 Å². The first-order valence-corrected chi connectivity index (χ1v) is 8.20. The minimum Gasteiger partial charge on any atom is -0.132 e. The topological polar surface area (TPSA) is 0 Å². The SMILES string of the molecule is CCCCc1cc[pH]c1C1=C(C)c2ccccc2[CH]1. The monoisotopic (exact) mass is 267 g/mol. The summed E-state index contributed by atoms with van der Waals surface area (Å²) in [7, 11) is 0.849. The molecule has 0 spiro atoms. The van der Waals surface area contributed by atoms with Gasteiger partial charge in [-0.2, -0.15) is 0 Å². The lowest BCUT2D eigenvalue weighted by molar-refractivity contribution is 0.796. The second-order valence-corrected chi connectivity index (χ2v) is 6.37. The van der Waals surface area contributed by atoms with E-state index in [0.717, 1.165) is 8.19 Å². The van der Waals surface area contributed by atoms with Gasteiger partial charge < -0.3 is 0 Å². The first kappa shape index (κ1) is 12.8. The third kappa shape index (κ3) is 2.30. The smallest absolute Gasteiger partial charge is 0.0217 e. The molecule has 1 unspecified atom stereocenters. The summed E-state index contributed by atoms with van der Waals surface area (Å²) in [5, 5.41) is 1.59. The number of unbranched alkanes of at least 4 members (excludes halogenated alkanes) is 1. The van der Waals surface area contributed by atoms with Crippen LogP contribution in [0.1, 0.15) is 48.7 Å². The maximum absolute atomic E-state index is 2.38. The molecule has 0 saturated heterocycles. The van der Waals surface area contributed by atoms with Crippen LogP contribution in [0, 0.1) is 6.42 Å². The lowest BCUT2D eigenvalue weighted by atomic mass is 10.0. The molecule has 1 aromatic heterocycles. The van der Waals surface area contributed by atoms with Gasteiger partial charge in [0.05, 0.1) is 0 Å². The quantitative estimate of drug-likeness (QED) is 0.680. The first-order valence-electron chi connectivity index (χ1n) is 7.13. The van der Waals surface area contributed by atoms with Crippen molar-refractivity contribution in [3.05, 3.63) is 64.5 Å². The minimum absolute atomic E-state index is 0.849. The third-order valence-corrected chi connectivity index (χ3v) is 5.18. The van der Waals surface area contributed by atoms with Crippen LogP contribution in [0.25, 0.3) is 11.1 Å². The van der Waals surface area contributed by atoms with E-state index in [1.807, 2.05) is 0 Å². The van der Waals surface area contributed by atoms with Gasteiger partial charge in [0.25, 0.3) is 0 Å². The normalized spacial score (nSPS) is 14.4. The highest BCUT2D eigenvalue weighted by Gasteiger charge is 2.21. The van der Waals surface area contributed by atoms with E-state index < -0.39 is 0 Å². The average molecular weight is 267 g/mol. The molecule has 0 amide bonds. The maximum Gasteiger partial charge on any atom is 0.0217 e. The Kier molecular flexibility index (Phi) is 3.62. The van der Waals surface area contributed by atoms with Crippen LogP contribution in [0.5, 0.6) is 0 Å². The van der Waals surface area contributed by atoms with E-state index in [1.54, 1.807) is 10.9 Å². The standard InChI is InChI=1S/C18H20P/c1-3-4-7-14-10-11-19-18(14)17-12-15-8-5-6-9-16(15)13(17)2/h5-6,8-12,19H,3-4,7H2,1-2H3. The van der Waals surface area contributed by atoms with E-state index in [-0.39, 0.29) is 0 Å². The van der Waals surface area contributed by atoms with Crippen LogP contribution in [-0.4, -0.2) is 0 Å². The zero-order chi connectivity index (χ0) is 13.2. The van der Waals surface area contributed by atoms with Crippen molar-refractivity contribution in [3.8, 4) is 0 Å². The van der Waals surface area contributed by atoms with E-state index in [9.17, 15) is 0 Å². The van der Waals surface area contributed by atoms with Gasteiger partial charge in [-0.1, -0.05) is 43.7 Å². The largest absolute Gasteiger partial charge is 0.132 e. The predicted octanol–water partition coefficient (Wildman–Crippen LogP) is 5.56. The third-order valence-electron chi connectivity index (χ3n) is 3.97. The van der Waals surface area contributed by atoms with Crippen LogP contribution < -0.4 is 0 Å². The molecule has 2 aromatic rings. The second kappa shape index (κ2) is 5.39. The fourth-order valence-electron chi connectivity index (χ4n) is 2.86. The van der Waals surface area contributed by atoms with E-state index >= 15 is 0 Å². The van der Waals surface area contributed by atoms with Gasteiger partial charge in [0.2, 0.25) is 0 Å². The molecule has 3 rings (SSSR count).